The van der Waals surface area contributed by atoms with E-state index in [2.05, 4.69) is 52.6 Å². The van der Waals surface area contributed by atoms with E-state index in [1.807, 2.05) is 0 Å². The zero-order valence-corrected chi connectivity index (χ0v) is 10.9. The molecular weight excluding hydrogens is 182 g/mol. The van der Waals surface area contributed by atoms with Gasteiger partial charge in [0.05, 0.1) is 0 Å². The average Bonchev–Trinajstić information content (AvgIpc) is 2.42. The second-order valence-electron chi connectivity index (χ2n) is 6.16. The SMILES string of the molecule is C=C(C)[C@@H]1C=C(NCC(C)(C)C)CC1C. The molecule has 0 aliphatic heterocycles. The molecule has 0 bridgehead atoms. The average molecular weight is 207 g/mol. The molecule has 1 unspecified atom stereocenters. The van der Waals surface area contributed by atoms with E-state index >= 15 is 0 Å². The minimum atomic E-state index is 0.353. The van der Waals surface area contributed by atoms with Crippen LogP contribution in [0.3, 0.4) is 0 Å². The maximum absolute atomic E-state index is 4.06. The molecule has 0 aromatic carbocycles. The number of allylic oxidation sites excluding steroid dienone is 3. The number of rotatable bonds is 3. The van der Waals surface area contributed by atoms with Crippen molar-refractivity contribution in [2.24, 2.45) is 17.3 Å². The zero-order valence-electron chi connectivity index (χ0n) is 10.9. The standard InChI is InChI=1S/C14H25N/c1-10(2)13-8-12(7-11(13)3)15-9-14(4,5)6/h8,11,13,15H,1,7,9H2,2-6H3/t11?,13-/m0/s1. The van der Waals surface area contributed by atoms with Gasteiger partial charge in [0.25, 0.3) is 0 Å². The number of hydrogen-bond donors (Lipinski definition) is 1. The van der Waals surface area contributed by atoms with Crippen LogP contribution in [-0.4, -0.2) is 6.54 Å². The van der Waals surface area contributed by atoms with Gasteiger partial charge in [0.2, 0.25) is 0 Å². The van der Waals surface area contributed by atoms with E-state index < -0.39 is 0 Å². The molecule has 15 heavy (non-hydrogen) atoms. The van der Waals surface area contributed by atoms with Crippen molar-refractivity contribution in [1.29, 1.82) is 0 Å². The summed E-state index contributed by atoms with van der Waals surface area (Å²) in [5.41, 5.74) is 3.05. The monoisotopic (exact) mass is 207 g/mol. The molecule has 1 N–H and O–H groups in total. The lowest BCUT2D eigenvalue weighted by molar-refractivity contribution is 0.392. The minimum Gasteiger partial charge on any atom is -0.388 e. The lowest BCUT2D eigenvalue weighted by Gasteiger charge is -2.20. The summed E-state index contributed by atoms with van der Waals surface area (Å²) in [7, 11) is 0. The molecule has 1 aliphatic carbocycles. The topological polar surface area (TPSA) is 12.0 Å². The second kappa shape index (κ2) is 4.42. The molecule has 86 valence electrons. The highest BCUT2D eigenvalue weighted by Crippen LogP contribution is 2.33. The van der Waals surface area contributed by atoms with Crippen LogP contribution in [0, 0.1) is 17.3 Å². The van der Waals surface area contributed by atoms with Gasteiger partial charge in [-0.2, -0.15) is 0 Å². The molecule has 0 radical (unpaired) electrons. The highest BCUT2D eigenvalue weighted by Gasteiger charge is 2.24. The fraction of sp³-hybridized carbons (Fsp3) is 0.714. The Morgan fingerprint density at radius 3 is 2.53 bits per heavy atom. The van der Waals surface area contributed by atoms with Crippen molar-refractivity contribution in [2.45, 2.75) is 41.0 Å². The molecule has 0 heterocycles. The lowest BCUT2D eigenvalue weighted by atomic mass is 9.92. The van der Waals surface area contributed by atoms with Crippen LogP contribution in [0.4, 0.5) is 0 Å². The fourth-order valence-corrected chi connectivity index (χ4v) is 2.06. The van der Waals surface area contributed by atoms with E-state index in [4.69, 9.17) is 0 Å². The summed E-state index contributed by atoms with van der Waals surface area (Å²) in [4.78, 5) is 0. The Morgan fingerprint density at radius 1 is 1.53 bits per heavy atom. The van der Waals surface area contributed by atoms with Gasteiger partial charge in [-0.25, -0.2) is 0 Å². The van der Waals surface area contributed by atoms with Gasteiger partial charge >= 0.3 is 0 Å². The van der Waals surface area contributed by atoms with Crippen molar-refractivity contribution in [2.75, 3.05) is 6.54 Å². The number of nitrogens with one attached hydrogen (secondary N) is 1. The summed E-state index contributed by atoms with van der Waals surface area (Å²) in [6, 6.07) is 0. The van der Waals surface area contributed by atoms with Crippen LogP contribution in [0.2, 0.25) is 0 Å². The van der Waals surface area contributed by atoms with Crippen molar-refractivity contribution in [1.82, 2.24) is 5.32 Å². The zero-order chi connectivity index (χ0) is 11.6. The summed E-state index contributed by atoms with van der Waals surface area (Å²) >= 11 is 0. The molecule has 0 amide bonds. The van der Waals surface area contributed by atoms with Crippen molar-refractivity contribution < 1.29 is 0 Å². The van der Waals surface area contributed by atoms with Gasteiger partial charge in [0.15, 0.2) is 0 Å². The molecule has 1 nitrogen and oxygen atoms in total. The van der Waals surface area contributed by atoms with Crippen LogP contribution in [-0.2, 0) is 0 Å². The van der Waals surface area contributed by atoms with Crippen LogP contribution in [0.1, 0.15) is 41.0 Å². The van der Waals surface area contributed by atoms with Crippen LogP contribution < -0.4 is 5.32 Å². The van der Waals surface area contributed by atoms with Crippen molar-refractivity contribution in [3.63, 3.8) is 0 Å². The van der Waals surface area contributed by atoms with Crippen LogP contribution in [0.25, 0.3) is 0 Å². The van der Waals surface area contributed by atoms with Gasteiger partial charge in [0.1, 0.15) is 0 Å². The first-order chi connectivity index (χ1) is 6.79. The van der Waals surface area contributed by atoms with Crippen LogP contribution in [0.5, 0.6) is 0 Å². The van der Waals surface area contributed by atoms with Gasteiger partial charge in [0, 0.05) is 18.2 Å². The third-order valence-corrected chi connectivity index (χ3v) is 2.95. The quantitative estimate of drug-likeness (QED) is 0.695. The first kappa shape index (κ1) is 12.4. The van der Waals surface area contributed by atoms with Crippen LogP contribution >= 0.6 is 0 Å². The first-order valence-corrected chi connectivity index (χ1v) is 5.89. The molecule has 0 aromatic heterocycles. The van der Waals surface area contributed by atoms with Gasteiger partial charge < -0.3 is 5.32 Å². The first-order valence-electron chi connectivity index (χ1n) is 5.89. The maximum Gasteiger partial charge on any atom is 0.0192 e. The van der Waals surface area contributed by atoms with E-state index in [9.17, 15) is 0 Å². The number of hydrogen-bond acceptors (Lipinski definition) is 1. The molecule has 1 rings (SSSR count). The Kier molecular flexibility index (Phi) is 3.64. The molecular formula is C14H25N. The minimum absolute atomic E-state index is 0.353. The third-order valence-electron chi connectivity index (χ3n) is 2.95. The summed E-state index contributed by atoms with van der Waals surface area (Å²) in [6.45, 7) is 16.3. The lowest BCUT2D eigenvalue weighted by Crippen LogP contribution is -2.25. The fourth-order valence-electron chi connectivity index (χ4n) is 2.06. The molecule has 1 aliphatic rings. The van der Waals surface area contributed by atoms with Gasteiger partial charge in [-0.3, -0.25) is 0 Å². The predicted molar refractivity (Wildman–Crippen MR) is 67.6 cm³/mol. The molecule has 2 atom stereocenters. The highest BCUT2D eigenvalue weighted by atomic mass is 14.9. The molecule has 0 fully saturated rings. The van der Waals surface area contributed by atoms with Gasteiger partial charge in [-0.15, -0.1) is 0 Å². The van der Waals surface area contributed by atoms with Crippen LogP contribution in [0.15, 0.2) is 23.9 Å². The Hall–Kier alpha value is -0.720. The summed E-state index contributed by atoms with van der Waals surface area (Å²) in [5.74, 6) is 1.29. The van der Waals surface area contributed by atoms with E-state index in [0.29, 0.717) is 17.3 Å². The molecule has 0 saturated carbocycles. The Balaban J connectivity index is 2.52. The molecule has 0 aromatic rings. The van der Waals surface area contributed by atoms with E-state index in [-0.39, 0.29) is 0 Å². The molecule has 0 spiro atoms. The Bertz CT molecular complexity index is 268. The smallest absolute Gasteiger partial charge is 0.0192 e. The van der Waals surface area contributed by atoms with Gasteiger partial charge in [-0.05, 0) is 24.7 Å². The highest BCUT2D eigenvalue weighted by molar-refractivity contribution is 5.20. The van der Waals surface area contributed by atoms with E-state index in [0.717, 1.165) is 6.54 Å². The predicted octanol–water partition coefficient (Wildman–Crippen LogP) is 3.74. The normalized spacial score (nSPS) is 26.3. The second-order valence-corrected chi connectivity index (χ2v) is 6.16. The van der Waals surface area contributed by atoms with Crippen molar-refractivity contribution >= 4 is 0 Å². The maximum atomic E-state index is 4.06. The summed E-state index contributed by atoms with van der Waals surface area (Å²) in [6.07, 6.45) is 3.53. The Morgan fingerprint density at radius 2 is 2.13 bits per heavy atom. The van der Waals surface area contributed by atoms with Crippen molar-refractivity contribution in [3.8, 4) is 0 Å². The molecule has 0 saturated heterocycles. The van der Waals surface area contributed by atoms with Crippen molar-refractivity contribution in [3.05, 3.63) is 23.9 Å². The largest absolute Gasteiger partial charge is 0.388 e. The Labute approximate surface area is 94.6 Å². The molecule has 1 heteroatoms. The summed E-state index contributed by atoms with van der Waals surface area (Å²) < 4.78 is 0. The van der Waals surface area contributed by atoms with E-state index in [1.165, 1.54) is 17.7 Å². The third kappa shape index (κ3) is 3.73. The summed E-state index contributed by atoms with van der Waals surface area (Å²) in [5, 5.41) is 3.56. The van der Waals surface area contributed by atoms with E-state index in [1.54, 1.807) is 0 Å². The van der Waals surface area contributed by atoms with Gasteiger partial charge in [-0.1, -0.05) is 45.9 Å².